The molecule has 1 atom stereocenters. The van der Waals surface area contributed by atoms with Crippen LogP contribution in [0.1, 0.15) is 37.6 Å². The number of halogens is 1. The molecule has 4 amide bonds. The number of amides is 4. The van der Waals surface area contributed by atoms with Gasteiger partial charge in [0.25, 0.3) is 5.91 Å². The summed E-state index contributed by atoms with van der Waals surface area (Å²) in [5.74, 6) is -0.0393. The van der Waals surface area contributed by atoms with E-state index in [4.69, 9.17) is 11.6 Å². The van der Waals surface area contributed by atoms with Crippen LogP contribution < -0.4 is 10.6 Å². The van der Waals surface area contributed by atoms with Crippen LogP contribution in [0.25, 0.3) is 0 Å². The molecule has 1 aromatic carbocycles. The minimum absolute atomic E-state index is 0.0428. The number of benzene rings is 1. The summed E-state index contributed by atoms with van der Waals surface area (Å²) >= 11 is 6.08. The number of nitrogens with one attached hydrogen (secondary N) is 3. The van der Waals surface area contributed by atoms with Gasteiger partial charge >= 0.3 is 6.03 Å². The van der Waals surface area contributed by atoms with E-state index in [9.17, 15) is 14.4 Å². The average Bonchev–Trinajstić information content (AvgIpc) is 3.17. The summed E-state index contributed by atoms with van der Waals surface area (Å²) in [4.78, 5) is 42.0. The van der Waals surface area contributed by atoms with Crippen LogP contribution in [0.3, 0.4) is 0 Å². The number of carbonyl (C=O) groups is 3. The number of urea groups is 1. The van der Waals surface area contributed by atoms with Crippen LogP contribution in [0.5, 0.6) is 0 Å². The lowest BCUT2D eigenvalue weighted by atomic mass is 10.1. The first kappa shape index (κ1) is 18.8. The third-order valence-electron chi connectivity index (χ3n) is 4.08. The highest BCUT2D eigenvalue weighted by Gasteiger charge is 2.39. The fraction of sp³-hybridized carbons (Fsp3) is 0.353. The second-order valence-electron chi connectivity index (χ2n) is 6.47. The van der Waals surface area contributed by atoms with Crippen molar-refractivity contribution in [2.45, 2.75) is 38.8 Å². The zero-order chi connectivity index (χ0) is 19.6. The Morgan fingerprint density at radius 1 is 1.33 bits per heavy atom. The molecule has 3 rings (SSSR count). The van der Waals surface area contributed by atoms with Crippen LogP contribution in [0.2, 0.25) is 5.02 Å². The van der Waals surface area contributed by atoms with E-state index in [2.05, 4.69) is 25.8 Å². The number of carbonyl (C=O) groups excluding carboxylic acids is 3. The number of aromatic nitrogens is 3. The van der Waals surface area contributed by atoms with Gasteiger partial charge in [-0.25, -0.2) is 4.79 Å². The molecule has 9 nitrogen and oxygen atoms in total. The third kappa shape index (κ3) is 4.25. The van der Waals surface area contributed by atoms with E-state index in [0.29, 0.717) is 16.4 Å². The van der Waals surface area contributed by atoms with E-state index >= 15 is 0 Å². The first-order valence-corrected chi connectivity index (χ1v) is 8.80. The minimum atomic E-state index is -0.941. The smallest absolute Gasteiger partial charge is 0.325 e. The third-order valence-corrected chi connectivity index (χ3v) is 4.45. The fourth-order valence-corrected chi connectivity index (χ4v) is 2.81. The van der Waals surface area contributed by atoms with Crippen molar-refractivity contribution in [2.75, 3.05) is 5.32 Å². The molecule has 2 aromatic rings. The molecule has 1 aliphatic heterocycles. The predicted octanol–water partition coefficient (Wildman–Crippen LogP) is 2.03. The van der Waals surface area contributed by atoms with Crippen molar-refractivity contribution in [3.63, 3.8) is 0 Å². The Morgan fingerprint density at radius 3 is 2.74 bits per heavy atom. The Hall–Kier alpha value is -2.94. The van der Waals surface area contributed by atoms with Crippen molar-refractivity contribution in [1.29, 1.82) is 0 Å². The van der Waals surface area contributed by atoms with Crippen molar-refractivity contribution in [2.24, 2.45) is 0 Å². The largest absolute Gasteiger partial charge is 0.325 e. The van der Waals surface area contributed by atoms with Gasteiger partial charge in [-0.2, -0.15) is 4.98 Å². The molecule has 3 N–H and O–H groups in total. The summed E-state index contributed by atoms with van der Waals surface area (Å²) in [7, 11) is 0. The van der Waals surface area contributed by atoms with E-state index in [0.717, 1.165) is 4.90 Å². The Kier molecular flexibility index (Phi) is 5.41. The summed E-state index contributed by atoms with van der Waals surface area (Å²) < 4.78 is 0. The number of hydrogen-bond acceptors (Lipinski definition) is 5. The van der Waals surface area contributed by atoms with Gasteiger partial charge in [0.1, 0.15) is 11.9 Å². The standard InChI is InChI=1S/C17H19ClN6O3/c1-9(2)14-21-16(23-22-14)20-13(25)7-12-15(26)24(17(27)19-12)8-10-5-3-4-6-11(10)18/h3-6,9,12H,7-8H2,1-2H3,(H,19,27)(H2,20,21,22,23,25)/t12-/m1/s1. The van der Waals surface area contributed by atoms with Gasteiger partial charge in [-0.1, -0.05) is 43.6 Å². The molecule has 142 valence electrons. The maximum absolute atomic E-state index is 12.5. The normalized spacial score (nSPS) is 16.7. The molecule has 1 saturated heterocycles. The number of rotatable bonds is 6. The Balaban J connectivity index is 1.60. The van der Waals surface area contributed by atoms with E-state index in [-0.39, 0.29) is 24.8 Å². The van der Waals surface area contributed by atoms with Crippen LogP contribution in [0.15, 0.2) is 24.3 Å². The van der Waals surface area contributed by atoms with Gasteiger partial charge in [0, 0.05) is 10.9 Å². The molecule has 0 radical (unpaired) electrons. The van der Waals surface area contributed by atoms with Gasteiger partial charge in [-0.05, 0) is 11.6 Å². The maximum Gasteiger partial charge on any atom is 0.325 e. The molecule has 1 aliphatic rings. The summed E-state index contributed by atoms with van der Waals surface area (Å²) in [5.41, 5.74) is 0.648. The molecule has 1 aromatic heterocycles. The average molecular weight is 391 g/mol. The molecule has 0 aliphatic carbocycles. The highest BCUT2D eigenvalue weighted by atomic mass is 35.5. The molecule has 0 unspecified atom stereocenters. The lowest BCUT2D eigenvalue weighted by molar-refractivity contribution is -0.130. The molecule has 0 saturated carbocycles. The monoisotopic (exact) mass is 390 g/mol. The van der Waals surface area contributed by atoms with Gasteiger partial charge in [-0.3, -0.25) is 24.9 Å². The molecular weight excluding hydrogens is 372 g/mol. The van der Waals surface area contributed by atoms with Crippen molar-refractivity contribution in [3.05, 3.63) is 40.7 Å². The summed E-state index contributed by atoms with van der Waals surface area (Å²) in [6.45, 7) is 3.92. The Labute approximate surface area is 160 Å². The summed E-state index contributed by atoms with van der Waals surface area (Å²) in [6.07, 6.45) is -0.213. The molecule has 0 spiro atoms. The van der Waals surface area contributed by atoms with Crippen LogP contribution in [-0.4, -0.2) is 44.0 Å². The van der Waals surface area contributed by atoms with Crippen molar-refractivity contribution >= 4 is 35.4 Å². The minimum Gasteiger partial charge on any atom is -0.325 e. The van der Waals surface area contributed by atoms with E-state index in [1.54, 1.807) is 24.3 Å². The molecule has 1 fully saturated rings. The number of aromatic amines is 1. The van der Waals surface area contributed by atoms with E-state index in [1.807, 2.05) is 13.8 Å². The highest BCUT2D eigenvalue weighted by Crippen LogP contribution is 2.20. The van der Waals surface area contributed by atoms with E-state index < -0.39 is 23.9 Å². The fourth-order valence-electron chi connectivity index (χ4n) is 2.61. The molecular formula is C17H19ClN6O3. The summed E-state index contributed by atoms with van der Waals surface area (Å²) in [6, 6.07) is 5.45. The lowest BCUT2D eigenvalue weighted by Gasteiger charge is -2.14. The molecule has 0 bridgehead atoms. The van der Waals surface area contributed by atoms with Gasteiger partial charge in [0.05, 0.1) is 13.0 Å². The predicted molar refractivity (Wildman–Crippen MR) is 98.0 cm³/mol. The number of hydrogen-bond donors (Lipinski definition) is 3. The molecule has 27 heavy (non-hydrogen) atoms. The highest BCUT2D eigenvalue weighted by molar-refractivity contribution is 6.31. The zero-order valence-corrected chi connectivity index (χ0v) is 15.6. The SMILES string of the molecule is CC(C)c1nc(NC(=O)C[C@H]2NC(=O)N(Cc3ccccc3Cl)C2=O)n[nH]1. The van der Waals surface area contributed by atoms with E-state index in [1.165, 1.54) is 0 Å². The lowest BCUT2D eigenvalue weighted by Crippen LogP contribution is -2.34. The first-order valence-electron chi connectivity index (χ1n) is 8.42. The van der Waals surface area contributed by atoms with Crippen molar-refractivity contribution in [1.82, 2.24) is 25.4 Å². The number of H-pyrrole nitrogens is 1. The zero-order valence-electron chi connectivity index (χ0n) is 14.8. The van der Waals surface area contributed by atoms with Crippen LogP contribution >= 0.6 is 11.6 Å². The van der Waals surface area contributed by atoms with Crippen LogP contribution in [-0.2, 0) is 16.1 Å². The summed E-state index contributed by atoms with van der Waals surface area (Å²) in [5, 5.41) is 12.1. The van der Waals surface area contributed by atoms with Gasteiger partial charge in [-0.15, -0.1) is 5.10 Å². The molecule has 10 heteroatoms. The Morgan fingerprint density at radius 2 is 2.07 bits per heavy atom. The second-order valence-corrected chi connectivity index (χ2v) is 6.88. The Bertz CT molecular complexity index is 881. The van der Waals surface area contributed by atoms with Crippen LogP contribution in [0.4, 0.5) is 10.7 Å². The maximum atomic E-state index is 12.5. The van der Waals surface area contributed by atoms with Crippen molar-refractivity contribution < 1.29 is 14.4 Å². The van der Waals surface area contributed by atoms with Crippen molar-refractivity contribution in [3.8, 4) is 0 Å². The topological polar surface area (TPSA) is 120 Å². The van der Waals surface area contributed by atoms with Gasteiger partial charge < -0.3 is 5.32 Å². The number of imide groups is 1. The van der Waals surface area contributed by atoms with Crippen LogP contribution in [0, 0.1) is 0 Å². The number of anilines is 1. The first-order chi connectivity index (χ1) is 12.8. The number of nitrogens with zero attached hydrogens (tertiary/aromatic N) is 3. The molecule has 2 heterocycles. The quantitative estimate of drug-likeness (QED) is 0.652. The second kappa shape index (κ2) is 7.75. The van der Waals surface area contributed by atoms with Gasteiger partial charge in [0.2, 0.25) is 11.9 Å². The van der Waals surface area contributed by atoms with Gasteiger partial charge in [0.15, 0.2) is 0 Å².